The average Bonchev–Trinajstić information content (AvgIpc) is 2.92. The number of piperidine rings is 1. The Bertz CT molecular complexity index is 1230. The molecule has 35 heavy (non-hydrogen) atoms. The van der Waals surface area contributed by atoms with Crippen molar-refractivity contribution >= 4 is 16.6 Å². The lowest BCUT2D eigenvalue weighted by Crippen LogP contribution is -2.60. The van der Waals surface area contributed by atoms with E-state index in [0.717, 1.165) is 50.2 Å². The van der Waals surface area contributed by atoms with E-state index in [4.69, 9.17) is 4.74 Å². The van der Waals surface area contributed by atoms with Gasteiger partial charge in [0.25, 0.3) is 0 Å². The van der Waals surface area contributed by atoms with Crippen LogP contribution >= 0.6 is 0 Å². The minimum absolute atomic E-state index is 0.170. The normalized spacial score (nSPS) is 27.4. The van der Waals surface area contributed by atoms with Gasteiger partial charge in [-0.2, -0.15) is 5.26 Å². The first kappa shape index (κ1) is 22.5. The molecule has 1 aromatic heterocycles. The summed E-state index contributed by atoms with van der Waals surface area (Å²) < 4.78 is 5.93. The standard InChI is InChI=1S/C29H33N5O/c1-20-18-33(27-9-8-24(16-30)29-26(27)3-2-11-32-29)19-25-15-23(10-13-34(20)25)21-4-6-22(7-5-21)28-17-31-12-14-35-28/h2-9,11,20,23,25,28,31H,10,12-15,17-19H2,1H3. The van der Waals surface area contributed by atoms with Crippen molar-refractivity contribution < 1.29 is 4.74 Å². The monoisotopic (exact) mass is 467 g/mol. The topological polar surface area (TPSA) is 64.4 Å². The summed E-state index contributed by atoms with van der Waals surface area (Å²) in [5.41, 5.74) is 5.38. The van der Waals surface area contributed by atoms with Gasteiger partial charge in [-0.3, -0.25) is 9.88 Å². The van der Waals surface area contributed by atoms with Crippen LogP contribution in [0.15, 0.2) is 54.7 Å². The Hall–Kier alpha value is -2.98. The second-order valence-corrected chi connectivity index (χ2v) is 10.2. The summed E-state index contributed by atoms with van der Waals surface area (Å²) in [6.07, 6.45) is 4.34. The SMILES string of the molecule is CC1CN(c2ccc(C#N)c3ncccc23)CC2CC(c3ccc(C4CNCCO4)cc3)CCN12. The predicted molar refractivity (Wildman–Crippen MR) is 139 cm³/mol. The quantitative estimate of drug-likeness (QED) is 0.622. The van der Waals surface area contributed by atoms with Crippen LogP contribution in [0.25, 0.3) is 10.9 Å². The van der Waals surface area contributed by atoms with Crippen molar-refractivity contribution in [3.8, 4) is 6.07 Å². The third-order valence-electron chi connectivity index (χ3n) is 8.16. The molecule has 2 aromatic carbocycles. The summed E-state index contributed by atoms with van der Waals surface area (Å²) in [6, 6.07) is 20.6. The number of benzene rings is 2. The lowest BCUT2D eigenvalue weighted by atomic mass is 9.83. The number of pyridine rings is 1. The second-order valence-electron chi connectivity index (χ2n) is 10.2. The minimum atomic E-state index is 0.170. The van der Waals surface area contributed by atoms with Crippen LogP contribution in [0, 0.1) is 11.3 Å². The largest absolute Gasteiger partial charge is 0.371 e. The van der Waals surface area contributed by atoms with Gasteiger partial charge in [-0.1, -0.05) is 24.3 Å². The number of anilines is 1. The van der Waals surface area contributed by atoms with Crippen molar-refractivity contribution in [2.24, 2.45) is 0 Å². The number of ether oxygens (including phenoxy) is 1. The van der Waals surface area contributed by atoms with Crippen LogP contribution in [0.4, 0.5) is 5.69 Å². The smallest absolute Gasteiger partial charge is 0.101 e. The summed E-state index contributed by atoms with van der Waals surface area (Å²) in [6.45, 7) is 8.14. The van der Waals surface area contributed by atoms with Gasteiger partial charge in [0.1, 0.15) is 6.07 Å². The fourth-order valence-electron chi connectivity index (χ4n) is 6.37. The van der Waals surface area contributed by atoms with Crippen LogP contribution in [0.1, 0.15) is 48.5 Å². The van der Waals surface area contributed by atoms with Crippen LogP contribution in [0.3, 0.4) is 0 Å². The Morgan fingerprint density at radius 2 is 1.94 bits per heavy atom. The van der Waals surface area contributed by atoms with E-state index in [2.05, 4.69) is 69.5 Å². The molecule has 0 saturated carbocycles. The van der Waals surface area contributed by atoms with Gasteiger partial charge in [0, 0.05) is 55.5 Å². The highest BCUT2D eigenvalue weighted by molar-refractivity contribution is 5.95. The van der Waals surface area contributed by atoms with Crippen molar-refractivity contribution in [2.45, 2.75) is 43.9 Å². The summed E-state index contributed by atoms with van der Waals surface area (Å²) in [5, 5.41) is 14.0. The van der Waals surface area contributed by atoms with Crippen molar-refractivity contribution in [3.05, 3.63) is 71.4 Å². The Morgan fingerprint density at radius 1 is 1.09 bits per heavy atom. The Morgan fingerprint density at radius 3 is 2.74 bits per heavy atom. The fourth-order valence-corrected chi connectivity index (χ4v) is 6.37. The number of rotatable bonds is 3. The molecule has 3 aliphatic heterocycles. The number of fused-ring (bicyclic) bond motifs is 2. The van der Waals surface area contributed by atoms with Crippen LogP contribution in [-0.2, 0) is 4.74 Å². The number of hydrogen-bond donors (Lipinski definition) is 1. The molecule has 0 amide bonds. The number of piperazine rings is 1. The van der Waals surface area contributed by atoms with E-state index in [1.807, 2.05) is 12.1 Å². The highest BCUT2D eigenvalue weighted by Crippen LogP contribution is 2.38. The maximum atomic E-state index is 9.54. The summed E-state index contributed by atoms with van der Waals surface area (Å²) in [5.74, 6) is 0.585. The third kappa shape index (κ3) is 4.29. The van der Waals surface area contributed by atoms with Gasteiger partial charge in [0.2, 0.25) is 0 Å². The van der Waals surface area contributed by atoms with Gasteiger partial charge < -0.3 is 15.0 Å². The van der Waals surface area contributed by atoms with Crippen molar-refractivity contribution in [2.75, 3.05) is 44.2 Å². The first-order valence-corrected chi connectivity index (χ1v) is 12.9. The molecule has 3 saturated heterocycles. The molecule has 0 spiro atoms. The first-order chi connectivity index (χ1) is 17.2. The van der Waals surface area contributed by atoms with E-state index in [1.54, 1.807) is 6.20 Å². The van der Waals surface area contributed by atoms with Crippen LogP contribution < -0.4 is 10.2 Å². The Balaban J connectivity index is 1.21. The molecule has 0 bridgehead atoms. The third-order valence-corrected chi connectivity index (χ3v) is 8.16. The molecule has 4 unspecified atom stereocenters. The molecule has 3 fully saturated rings. The number of aromatic nitrogens is 1. The van der Waals surface area contributed by atoms with E-state index in [9.17, 15) is 5.26 Å². The van der Waals surface area contributed by atoms with Gasteiger partial charge in [0.15, 0.2) is 0 Å². The number of hydrogen-bond acceptors (Lipinski definition) is 6. The molecule has 0 aliphatic carbocycles. The van der Waals surface area contributed by atoms with E-state index >= 15 is 0 Å². The maximum Gasteiger partial charge on any atom is 0.101 e. The molecule has 0 radical (unpaired) electrons. The van der Waals surface area contributed by atoms with Gasteiger partial charge in [-0.05, 0) is 67.6 Å². The Kier molecular flexibility index (Phi) is 6.15. The molecule has 4 heterocycles. The zero-order chi connectivity index (χ0) is 23.8. The van der Waals surface area contributed by atoms with E-state index in [0.29, 0.717) is 23.6 Å². The number of nitrogens with one attached hydrogen (secondary N) is 1. The molecule has 6 heteroatoms. The van der Waals surface area contributed by atoms with Crippen molar-refractivity contribution in [3.63, 3.8) is 0 Å². The fraction of sp³-hybridized carbons (Fsp3) is 0.448. The predicted octanol–water partition coefficient (Wildman–Crippen LogP) is 4.22. The highest BCUT2D eigenvalue weighted by Gasteiger charge is 2.37. The summed E-state index contributed by atoms with van der Waals surface area (Å²) in [7, 11) is 0. The van der Waals surface area contributed by atoms with Crippen LogP contribution in [0.5, 0.6) is 0 Å². The van der Waals surface area contributed by atoms with E-state index in [1.165, 1.54) is 29.7 Å². The molecule has 3 aliphatic rings. The number of nitriles is 1. The molecule has 6 nitrogen and oxygen atoms in total. The van der Waals surface area contributed by atoms with Crippen molar-refractivity contribution in [1.82, 2.24) is 15.2 Å². The Labute approximate surface area is 207 Å². The lowest BCUT2D eigenvalue weighted by Gasteiger charge is -2.50. The molecule has 180 valence electrons. The van der Waals surface area contributed by atoms with E-state index < -0.39 is 0 Å². The maximum absolute atomic E-state index is 9.54. The molecule has 1 N–H and O–H groups in total. The molecule has 4 atom stereocenters. The molecular formula is C29H33N5O. The molecular weight excluding hydrogens is 434 g/mol. The minimum Gasteiger partial charge on any atom is -0.371 e. The zero-order valence-corrected chi connectivity index (χ0v) is 20.4. The summed E-state index contributed by atoms with van der Waals surface area (Å²) in [4.78, 5) is 9.77. The average molecular weight is 468 g/mol. The van der Waals surface area contributed by atoms with Gasteiger partial charge >= 0.3 is 0 Å². The van der Waals surface area contributed by atoms with Gasteiger partial charge in [0.05, 0.1) is 23.8 Å². The highest BCUT2D eigenvalue weighted by atomic mass is 16.5. The first-order valence-electron chi connectivity index (χ1n) is 12.9. The second kappa shape index (κ2) is 9.58. The van der Waals surface area contributed by atoms with Gasteiger partial charge in [-0.15, -0.1) is 0 Å². The number of morpholine rings is 1. The van der Waals surface area contributed by atoms with Crippen molar-refractivity contribution in [1.29, 1.82) is 5.26 Å². The molecule has 6 rings (SSSR count). The van der Waals surface area contributed by atoms with Gasteiger partial charge in [-0.25, -0.2) is 0 Å². The molecule has 3 aromatic rings. The van der Waals surface area contributed by atoms with E-state index in [-0.39, 0.29) is 6.10 Å². The number of nitrogens with zero attached hydrogens (tertiary/aromatic N) is 4. The summed E-state index contributed by atoms with van der Waals surface area (Å²) >= 11 is 0. The van der Waals surface area contributed by atoms with Crippen LogP contribution in [0.2, 0.25) is 0 Å². The van der Waals surface area contributed by atoms with Crippen LogP contribution in [-0.4, -0.2) is 61.3 Å². The lowest BCUT2D eigenvalue weighted by molar-refractivity contribution is 0.0277. The zero-order valence-electron chi connectivity index (χ0n) is 20.4.